The molecule has 0 spiro atoms. The molecule has 0 saturated heterocycles. The number of aryl methyl sites for hydroxylation is 2. The molecular weight excluding hydrogens is 269 g/mol. The summed E-state index contributed by atoms with van der Waals surface area (Å²) in [6.07, 6.45) is 4.33. The number of rotatable bonds is 4. The van der Waals surface area contributed by atoms with Crippen LogP contribution in [0.1, 0.15) is 18.2 Å². The number of hydrogen-bond donors (Lipinski definition) is 1. The van der Waals surface area contributed by atoms with Gasteiger partial charge in [0, 0.05) is 30.7 Å². The monoisotopic (exact) mass is 285 g/mol. The fourth-order valence-corrected chi connectivity index (χ4v) is 2.38. The molecule has 6 heteroatoms. The molecule has 0 saturated carbocycles. The van der Waals surface area contributed by atoms with Gasteiger partial charge in [0.05, 0.1) is 11.2 Å². The third kappa shape index (κ3) is 2.69. The maximum Gasteiger partial charge on any atom is 0.137 e. The molecule has 2 aromatic heterocycles. The molecule has 0 bridgehead atoms. The van der Waals surface area contributed by atoms with Crippen molar-refractivity contribution in [2.24, 2.45) is 7.05 Å². The average molecular weight is 285 g/mol. The topological polar surface area (TPSA) is 55.6 Å². The van der Waals surface area contributed by atoms with Crippen LogP contribution in [-0.4, -0.2) is 19.7 Å². The summed E-state index contributed by atoms with van der Waals surface area (Å²) in [5.41, 5.74) is 2.88. The van der Waals surface area contributed by atoms with Gasteiger partial charge in [-0.3, -0.25) is 4.68 Å². The van der Waals surface area contributed by atoms with Crippen molar-refractivity contribution in [3.63, 3.8) is 0 Å². The van der Waals surface area contributed by atoms with Crippen LogP contribution < -0.4 is 5.32 Å². The van der Waals surface area contributed by atoms with E-state index >= 15 is 0 Å². The largest absolute Gasteiger partial charge is 0.365 e. The van der Waals surface area contributed by atoms with E-state index < -0.39 is 0 Å². The standard InChI is InChI=1S/C15H16FN5/c1-3-13-10(8-21(2)20-13)7-17-15-12-6-11(16)4-5-14(12)18-9-19-15/h4-6,8-9H,3,7H2,1-2H3,(H,17,18,19). The molecule has 3 aromatic rings. The van der Waals surface area contributed by atoms with E-state index in [4.69, 9.17) is 0 Å². The van der Waals surface area contributed by atoms with Crippen LogP contribution in [0.15, 0.2) is 30.7 Å². The van der Waals surface area contributed by atoms with Crippen LogP contribution >= 0.6 is 0 Å². The molecule has 0 aliphatic rings. The maximum absolute atomic E-state index is 13.4. The molecular formula is C15H16FN5. The first-order valence-corrected chi connectivity index (χ1v) is 6.83. The van der Waals surface area contributed by atoms with Gasteiger partial charge in [-0.15, -0.1) is 0 Å². The van der Waals surface area contributed by atoms with Crippen LogP contribution in [0.3, 0.4) is 0 Å². The van der Waals surface area contributed by atoms with Crippen molar-refractivity contribution in [1.29, 1.82) is 0 Å². The molecule has 0 atom stereocenters. The Bertz CT molecular complexity index is 781. The zero-order valence-electron chi connectivity index (χ0n) is 12.0. The highest BCUT2D eigenvalue weighted by atomic mass is 19.1. The summed E-state index contributed by atoms with van der Waals surface area (Å²) < 4.78 is 15.2. The van der Waals surface area contributed by atoms with Gasteiger partial charge < -0.3 is 5.32 Å². The molecule has 0 radical (unpaired) electrons. The molecule has 5 nitrogen and oxygen atoms in total. The Morgan fingerprint density at radius 1 is 1.29 bits per heavy atom. The quantitative estimate of drug-likeness (QED) is 0.800. The molecule has 0 fully saturated rings. The normalized spacial score (nSPS) is 11.0. The summed E-state index contributed by atoms with van der Waals surface area (Å²) in [5, 5.41) is 8.33. The summed E-state index contributed by atoms with van der Waals surface area (Å²) in [6, 6.07) is 4.50. The lowest BCUT2D eigenvalue weighted by molar-refractivity contribution is 0.629. The first-order chi connectivity index (χ1) is 10.2. The minimum atomic E-state index is -0.295. The Hall–Kier alpha value is -2.50. The van der Waals surface area contributed by atoms with Crippen molar-refractivity contribution in [2.75, 3.05) is 5.32 Å². The van der Waals surface area contributed by atoms with Crippen molar-refractivity contribution in [2.45, 2.75) is 19.9 Å². The number of hydrogen-bond acceptors (Lipinski definition) is 4. The van der Waals surface area contributed by atoms with E-state index in [9.17, 15) is 4.39 Å². The van der Waals surface area contributed by atoms with Gasteiger partial charge in [-0.25, -0.2) is 14.4 Å². The second kappa shape index (κ2) is 5.47. The number of nitrogens with zero attached hydrogens (tertiary/aromatic N) is 4. The number of fused-ring (bicyclic) bond motifs is 1. The van der Waals surface area contributed by atoms with E-state index in [0.29, 0.717) is 17.7 Å². The number of anilines is 1. The number of halogens is 1. The molecule has 2 heterocycles. The van der Waals surface area contributed by atoms with E-state index in [2.05, 4.69) is 27.3 Å². The van der Waals surface area contributed by atoms with E-state index in [1.165, 1.54) is 18.5 Å². The molecule has 3 rings (SSSR count). The van der Waals surface area contributed by atoms with Crippen LogP contribution in [0.25, 0.3) is 10.9 Å². The zero-order valence-corrected chi connectivity index (χ0v) is 12.0. The van der Waals surface area contributed by atoms with Gasteiger partial charge in [-0.1, -0.05) is 6.92 Å². The molecule has 1 aromatic carbocycles. The Balaban J connectivity index is 1.89. The van der Waals surface area contributed by atoms with Crippen LogP contribution in [0.2, 0.25) is 0 Å². The second-order valence-electron chi connectivity index (χ2n) is 4.87. The van der Waals surface area contributed by atoms with Crippen molar-refractivity contribution in [3.8, 4) is 0 Å². The van der Waals surface area contributed by atoms with Gasteiger partial charge in [-0.2, -0.15) is 5.10 Å². The van der Waals surface area contributed by atoms with Gasteiger partial charge in [0.25, 0.3) is 0 Å². The lowest BCUT2D eigenvalue weighted by Gasteiger charge is -2.08. The highest BCUT2D eigenvalue weighted by Crippen LogP contribution is 2.21. The summed E-state index contributed by atoms with van der Waals surface area (Å²) >= 11 is 0. The lowest BCUT2D eigenvalue weighted by atomic mass is 10.2. The fraction of sp³-hybridized carbons (Fsp3) is 0.267. The van der Waals surface area contributed by atoms with Gasteiger partial charge in [-0.05, 0) is 24.6 Å². The smallest absolute Gasteiger partial charge is 0.137 e. The van der Waals surface area contributed by atoms with Gasteiger partial charge in [0.1, 0.15) is 18.0 Å². The molecule has 0 aliphatic carbocycles. The van der Waals surface area contributed by atoms with Crippen LogP contribution in [-0.2, 0) is 20.0 Å². The summed E-state index contributed by atoms with van der Waals surface area (Å²) in [4.78, 5) is 8.35. The minimum absolute atomic E-state index is 0.295. The van der Waals surface area contributed by atoms with E-state index in [-0.39, 0.29) is 5.82 Å². The highest BCUT2D eigenvalue weighted by molar-refractivity contribution is 5.88. The predicted octanol–water partition coefficient (Wildman–Crippen LogP) is 2.68. The fourth-order valence-electron chi connectivity index (χ4n) is 2.38. The third-order valence-electron chi connectivity index (χ3n) is 3.37. The average Bonchev–Trinajstić information content (AvgIpc) is 2.85. The van der Waals surface area contributed by atoms with Crippen LogP contribution in [0.4, 0.5) is 10.2 Å². The molecule has 0 amide bonds. The van der Waals surface area contributed by atoms with Crippen LogP contribution in [0, 0.1) is 5.82 Å². The van der Waals surface area contributed by atoms with Gasteiger partial charge >= 0.3 is 0 Å². The molecule has 21 heavy (non-hydrogen) atoms. The summed E-state index contributed by atoms with van der Waals surface area (Å²) in [5.74, 6) is 0.335. The Morgan fingerprint density at radius 2 is 2.14 bits per heavy atom. The van der Waals surface area contributed by atoms with Crippen molar-refractivity contribution in [1.82, 2.24) is 19.7 Å². The molecule has 1 N–H and O–H groups in total. The van der Waals surface area contributed by atoms with Gasteiger partial charge in [0.15, 0.2) is 0 Å². The second-order valence-corrected chi connectivity index (χ2v) is 4.87. The van der Waals surface area contributed by atoms with E-state index in [0.717, 1.165) is 23.2 Å². The maximum atomic E-state index is 13.4. The Labute approximate surface area is 121 Å². The SMILES string of the molecule is CCc1nn(C)cc1CNc1ncnc2ccc(F)cc12. The van der Waals surface area contributed by atoms with Crippen LogP contribution in [0.5, 0.6) is 0 Å². The zero-order chi connectivity index (χ0) is 14.8. The first-order valence-electron chi connectivity index (χ1n) is 6.83. The van der Waals surface area contributed by atoms with Crippen molar-refractivity contribution < 1.29 is 4.39 Å². The van der Waals surface area contributed by atoms with E-state index in [1.54, 1.807) is 10.7 Å². The van der Waals surface area contributed by atoms with Crippen molar-refractivity contribution >= 4 is 16.7 Å². The Kier molecular flexibility index (Phi) is 3.51. The third-order valence-corrected chi connectivity index (χ3v) is 3.37. The molecule has 0 aliphatic heterocycles. The summed E-state index contributed by atoms with van der Waals surface area (Å²) in [7, 11) is 1.90. The van der Waals surface area contributed by atoms with Crippen molar-refractivity contribution in [3.05, 3.63) is 47.8 Å². The number of nitrogens with one attached hydrogen (secondary N) is 1. The molecule has 108 valence electrons. The van der Waals surface area contributed by atoms with E-state index in [1.807, 2.05) is 13.2 Å². The number of aromatic nitrogens is 4. The summed E-state index contributed by atoms with van der Waals surface area (Å²) in [6.45, 7) is 2.67. The molecule has 0 unspecified atom stereocenters. The number of benzene rings is 1. The first kappa shape index (κ1) is 13.5. The minimum Gasteiger partial charge on any atom is -0.365 e. The highest BCUT2D eigenvalue weighted by Gasteiger charge is 2.08. The van der Waals surface area contributed by atoms with Gasteiger partial charge in [0.2, 0.25) is 0 Å². The lowest BCUT2D eigenvalue weighted by Crippen LogP contribution is -2.04. The predicted molar refractivity (Wildman–Crippen MR) is 79.4 cm³/mol. The Morgan fingerprint density at radius 3 is 2.95 bits per heavy atom.